The predicted molar refractivity (Wildman–Crippen MR) is 81.9 cm³/mol. The Morgan fingerprint density at radius 2 is 1.90 bits per heavy atom. The van der Waals surface area contributed by atoms with Gasteiger partial charge in [0.1, 0.15) is 23.2 Å². The smallest absolute Gasteiger partial charge is 0.123 e. The normalized spacial score (nSPS) is 17.0. The first-order valence-corrected chi connectivity index (χ1v) is 7.12. The largest absolute Gasteiger partial charge is 0.497 e. The van der Waals surface area contributed by atoms with Crippen molar-refractivity contribution in [3.8, 4) is 11.5 Å². The molecule has 3 rings (SSSR count). The lowest BCUT2D eigenvalue weighted by Crippen LogP contribution is -2.24. The summed E-state index contributed by atoms with van der Waals surface area (Å²) in [6.45, 7) is 4.15. The van der Waals surface area contributed by atoms with Gasteiger partial charge in [-0.25, -0.2) is 0 Å². The van der Waals surface area contributed by atoms with Gasteiger partial charge in [0.25, 0.3) is 0 Å². The zero-order chi connectivity index (χ0) is 15.0. The Hall–Kier alpha value is -2.00. The summed E-state index contributed by atoms with van der Waals surface area (Å²) in [6, 6.07) is 13.4. The van der Waals surface area contributed by atoms with Gasteiger partial charge >= 0.3 is 0 Å². The second-order valence-electron chi connectivity index (χ2n) is 6.08. The van der Waals surface area contributed by atoms with Crippen LogP contribution in [-0.4, -0.2) is 17.8 Å². The third-order valence-electron chi connectivity index (χ3n) is 3.81. The van der Waals surface area contributed by atoms with Crippen molar-refractivity contribution in [2.75, 3.05) is 7.11 Å². The minimum atomic E-state index is -0.658. The summed E-state index contributed by atoms with van der Waals surface area (Å²) in [5, 5.41) is 10.6. The highest BCUT2D eigenvalue weighted by Crippen LogP contribution is 2.37. The van der Waals surface area contributed by atoms with Gasteiger partial charge in [0.15, 0.2) is 0 Å². The molecule has 1 atom stereocenters. The highest BCUT2D eigenvalue weighted by Gasteiger charge is 2.30. The van der Waals surface area contributed by atoms with Crippen molar-refractivity contribution in [2.45, 2.75) is 32.0 Å². The van der Waals surface area contributed by atoms with E-state index in [-0.39, 0.29) is 5.60 Å². The molecule has 0 saturated heterocycles. The van der Waals surface area contributed by atoms with Gasteiger partial charge in [-0.2, -0.15) is 0 Å². The number of methoxy groups -OCH3 is 1. The molecule has 0 amide bonds. The number of rotatable bonds is 3. The van der Waals surface area contributed by atoms with Gasteiger partial charge in [-0.3, -0.25) is 0 Å². The molecule has 0 bridgehead atoms. The standard InChI is InChI=1S/C18H20O3/c1-18(2)11-14-9-13(7-8-16(14)21-18)17(19)12-5-4-6-15(10-12)20-3/h4-10,17,19H,11H2,1-3H3. The molecule has 1 aliphatic rings. The fourth-order valence-corrected chi connectivity index (χ4v) is 2.80. The lowest BCUT2D eigenvalue weighted by molar-refractivity contribution is 0.138. The minimum absolute atomic E-state index is 0.165. The molecule has 0 aliphatic carbocycles. The number of hydrogen-bond donors (Lipinski definition) is 1. The van der Waals surface area contributed by atoms with E-state index in [0.29, 0.717) is 0 Å². The number of hydrogen-bond acceptors (Lipinski definition) is 3. The van der Waals surface area contributed by atoms with Crippen LogP contribution < -0.4 is 9.47 Å². The Kier molecular flexibility index (Phi) is 3.38. The fraction of sp³-hybridized carbons (Fsp3) is 0.333. The van der Waals surface area contributed by atoms with Gasteiger partial charge in [0, 0.05) is 6.42 Å². The second-order valence-corrected chi connectivity index (χ2v) is 6.08. The number of fused-ring (bicyclic) bond motifs is 1. The monoisotopic (exact) mass is 284 g/mol. The van der Waals surface area contributed by atoms with Crippen LogP contribution in [0.2, 0.25) is 0 Å². The molecule has 110 valence electrons. The van der Waals surface area contributed by atoms with Crippen LogP contribution in [0.5, 0.6) is 11.5 Å². The average Bonchev–Trinajstić information content (AvgIpc) is 2.79. The maximum atomic E-state index is 10.6. The van der Waals surface area contributed by atoms with E-state index in [1.807, 2.05) is 42.5 Å². The van der Waals surface area contributed by atoms with Crippen LogP contribution in [0.3, 0.4) is 0 Å². The summed E-state index contributed by atoms with van der Waals surface area (Å²) in [7, 11) is 1.63. The molecule has 0 aromatic heterocycles. The molecule has 2 aromatic rings. The van der Waals surface area contributed by atoms with Crippen LogP contribution in [0.1, 0.15) is 36.6 Å². The molecule has 1 unspecified atom stereocenters. The van der Waals surface area contributed by atoms with Gasteiger partial charge < -0.3 is 14.6 Å². The van der Waals surface area contributed by atoms with Crippen LogP contribution in [0.4, 0.5) is 0 Å². The molecule has 21 heavy (non-hydrogen) atoms. The van der Waals surface area contributed by atoms with Gasteiger partial charge in [-0.15, -0.1) is 0 Å². The second kappa shape index (κ2) is 5.08. The van der Waals surface area contributed by atoms with Crippen molar-refractivity contribution in [1.29, 1.82) is 0 Å². The van der Waals surface area contributed by atoms with E-state index in [1.54, 1.807) is 7.11 Å². The number of aliphatic hydroxyl groups excluding tert-OH is 1. The summed E-state index contributed by atoms with van der Waals surface area (Å²) in [6.07, 6.45) is 0.204. The quantitative estimate of drug-likeness (QED) is 0.937. The Morgan fingerprint density at radius 3 is 2.67 bits per heavy atom. The summed E-state index contributed by atoms with van der Waals surface area (Å²) >= 11 is 0. The Labute approximate surface area is 125 Å². The van der Waals surface area contributed by atoms with Crippen LogP contribution in [0.25, 0.3) is 0 Å². The van der Waals surface area contributed by atoms with E-state index < -0.39 is 6.10 Å². The van der Waals surface area contributed by atoms with Crippen LogP contribution in [-0.2, 0) is 6.42 Å². The van der Waals surface area contributed by atoms with Crippen LogP contribution in [0.15, 0.2) is 42.5 Å². The molecular formula is C18H20O3. The number of benzene rings is 2. The van der Waals surface area contributed by atoms with Gasteiger partial charge in [-0.1, -0.05) is 18.2 Å². The molecular weight excluding hydrogens is 264 g/mol. The van der Waals surface area contributed by atoms with Crippen molar-refractivity contribution >= 4 is 0 Å². The van der Waals surface area contributed by atoms with E-state index in [0.717, 1.165) is 34.6 Å². The number of ether oxygens (including phenoxy) is 2. The Balaban J connectivity index is 1.91. The summed E-state index contributed by atoms with van der Waals surface area (Å²) in [5.74, 6) is 1.67. The molecule has 0 saturated carbocycles. The van der Waals surface area contributed by atoms with Gasteiger partial charge in [-0.05, 0) is 54.8 Å². The first-order chi connectivity index (χ1) is 9.98. The molecule has 1 N–H and O–H groups in total. The van der Waals surface area contributed by atoms with E-state index >= 15 is 0 Å². The van der Waals surface area contributed by atoms with Gasteiger partial charge in [0.05, 0.1) is 7.11 Å². The minimum Gasteiger partial charge on any atom is -0.497 e. The van der Waals surface area contributed by atoms with Crippen molar-refractivity contribution in [1.82, 2.24) is 0 Å². The lowest BCUT2D eigenvalue weighted by atomic mass is 9.96. The fourth-order valence-electron chi connectivity index (χ4n) is 2.80. The maximum absolute atomic E-state index is 10.6. The van der Waals surface area contributed by atoms with Gasteiger partial charge in [0.2, 0.25) is 0 Å². The van der Waals surface area contributed by atoms with Crippen LogP contribution >= 0.6 is 0 Å². The summed E-state index contributed by atoms with van der Waals surface area (Å²) in [5.41, 5.74) is 2.69. The van der Waals surface area contributed by atoms with Crippen molar-refractivity contribution in [3.63, 3.8) is 0 Å². The molecule has 3 nitrogen and oxygen atoms in total. The molecule has 1 heterocycles. The summed E-state index contributed by atoms with van der Waals surface area (Å²) in [4.78, 5) is 0. The molecule has 3 heteroatoms. The third-order valence-corrected chi connectivity index (χ3v) is 3.81. The first-order valence-electron chi connectivity index (χ1n) is 7.12. The lowest BCUT2D eigenvalue weighted by Gasteiger charge is -2.16. The Bertz CT molecular complexity index is 661. The predicted octanol–water partition coefficient (Wildman–Crippen LogP) is 3.49. The highest BCUT2D eigenvalue weighted by molar-refractivity contribution is 5.44. The highest BCUT2D eigenvalue weighted by atomic mass is 16.5. The molecule has 0 radical (unpaired) electrons. The third kappa shape index (κ3) is 2.74. The Morgan fingerprint density at radius 1 is 1.14 bits per heavy atom. The van der Waals surface area contributed by atoms with Crippen molar-refractivity contribution in [3.05, 3.63) is 59.2 Å². The average molecular weight is 284 g/mol. The van der Waals surface area contributed by atoms with E-state index in [4.69, 9.17) is 9.47 Å². The van der Waals surface area contributed by atoms with E-state index in [1.165, 1.54) is 0 Å². The van der Waals surface area contributed by atoms with Crippen molar-refractivity contribution in [2.24, 2.45) is 0 Å². The SMILES string of the molecule is COc1cccc(C(O)c2ccc3c(c2)CC(C)(C)O3)c1. The zero-order valence-corrected chi connectivity index (χ0v) is 12.6. The van der Waals surface area contributed by atoms with E-state index in [2.05, 4.69) is 13.8 Å². The molecule has 0 fully saturated rings. The number of aliphatic hydroxyl groups is 1. The van der Waals surface area contributed by atoms with Crippen molar-refractivity contribution < 1.29 is 14.6 Å². The van der Waals surface area contributed by atoms with Crippen LogP contribution in [0, 0.1) is 0 Å². The topological polar surface area (TPSA) is 38.7 Å². The first kappa shape index (κ1) is 14.0. The molecule has 2 aromatic carbocycles. The zero-order valence-electron chi connectivity index (χ0n) is 12.6. The molecule has 0 spiro atoms. The maximum Gasteiger partial charge on any atom is 0.123 e. The molecule has 1 aliphatic heterocycles. The van der Waals surface area contributed by atoms with E-state index in [9.17, 15) is 5.11 Å². The summed E-state index contributed by atoms with van der Waals surface area (Å²) < 4.78 is 11.1.